The van der Waals surface area contributed by atoms with E-state index in [-0.39, 0.29) is 0 Å². The Kier molecular flexibility index (Phi) is 2.91. The molecule has 0 spiro atoms. The van der Waals surface area contributed by atoms with E-state index in [2.05, 4.69) is 16.1 Å². The first kappa shape index (κ1) is 9.80. The molecule has 0 N–H and O–H groups in total. The summed E-state index contributed by atoms with van der Waals surface area (Å²) >= 11 is 0. The van der Waals surface area contributed by atoms with E-state index in [1.165, 1.54) is 0 Å². The summed E-state index contributed by atoms with van der Waals surface area (Å²) in [6.45, 7) is 2.86. The highest BCUT2D eigenvalue weighted by molar-refractivity contribution is 5.76. The molecule has 0 heterocycles. The van der Waals surface area contributed by atoms with E-state index < -0.39 is 18.1 Å². The second-order valence-electron chi connectivity index (χ2n) is 1.46. The Labute approximate surface area is 60.4 Å². The monoisotopic (exact) mass is 170 g/mol. The summed E-state index contributed by atoms with van der Waals surface area (Å²) in [6, 6.07) is 0. The molecule has 0 rings (SSSR count). The maximum atomic E-state index is 11.4. The molecule has 0 bridgehead atoms. The zero-order valence-corrected chi connectivity index (χ0v) is 5.57. The number of ether oxygens (including phenoxy) is 2. The van der Waals surface area contributed by atoms with Crippen LogP contribution in [0.2, 0.25) is 0 Å². The molecule has 6 heteroatoms. The predicted molar refractivity (Wildman–Crippen MR) is 28.3 cm³/mol. The van der Waals surface area contributed by atoms with Crippen LogP contribution in [0.4, 0.5) is 13.2 Å². The number of carbonyl (C=O) groups is 1. The van der Waals surface area contributed by atoms with E-state index in [4.69, 9.17) is 0 Å². The van der Waals surface area contributed by atoms with Gasteiger partial charge in [-0.2, -0.15) is 13.2 Å². The summed E-state index contributed by atoms with van der Waals surface area (Å²) in [4.78, 5) is 9.95. The molecule has 0 atom stereocenters. The third-order valence-corrected chi connectivity index (χ3v) is 0.666. The first-order valence-electron chi connectivity index (χ1n) is 2.40. The lowest BCUT2D eigenvalue weighted by Crippen LogP contribution is -2.25. The van der Waals surface area contributed by atoms with Crippen molar-refractivity contribution in [2.45, 2.75) is 6.18 Å². The van der Waals surface area contributed by atoms with Crippen molar-refractivity contribution >= 4 is 5.97 Å². The van der Waals surface area contributed by atoms with E-state index in [0.717, 1.165) is 7.11 Å². The molecule has 0 aromatic heterocycles. The molecule has 0 aliphatic rings. The molecule has 64 valence electrons. The fourth-order valence-corrected chi connectivity index (χ4v) is 0.203. The highest BCUT2D eigenvalue weighted by atomic mass is 19.4. The van der Waals surface area contributed by atoms with Crippen molar-refractivity contribution in [2.75, 3.05) is 7.11 Å². The van der Waals surface area contributed by atoms with Gasteiger partial charge < -0.3 is 9.47 Å². The molecule has 11 heavy (non-hydrogen) atoms. The lowest BCUT2D eigenvalue weighted by molar-refractivity contribution is -0.199. The first-order valence-corrected chi connectivity index (χ1v) is 2.40. The van der Waals surface area contributed by atoms with Gasteiger partial charge in [0.15, 0.2) is 0 Å². The van der Waals surface area contributed by atoms with Crippen molar-refractivity contribution in [1.82, 2.24) is 0 Å². The second-order valence-corrected chi connectivity index (χ2v) is 1.46. The van der Waals surface area contributed by atoms with Crippen molar-refractivity contribution in [3.63, 3.8) is 0 Å². The summed E-state index contributed by atoms with van der Waals surface area (Å²) < 4.78 is 41.8. The average molecular weight is 170 g/mol. The Hall–Kier alpha value is -1.20. The molecule has 0 aromatic carbocycles. The van der Waals surface area contributed by atoms with Crippen LogP contribution in [0.5, 0.6) is 0 Å². The van der Waals surface area contributed by atoms with Crippen LogP contribution in [-0.2, 0) is 14.3 Å². The van der Waals surface area contributed by atoms with Crippen LogP contribution >= 0.6 is 0 Å². The molecule has 0 amide bonds. The van der Waals surface area contributed by atoms with Gasteiger partial charge >= 0.3 is 12.1 Å². The van der Waals surface area contributed by atoms with E-state index in [9.17, 15) is 18.0 Å². The summed E-state index contributed by atoms with van der Waals surface area (Å²) in [7, 11) is 1.03. The minimum atomic E-state index is -5.01. The number of methoxy groups -OCH3 is 1. The van der Waals surface area contributed by atoms with Gasteiger partial charge in [-0.05, 0) is 6.58 Å². The minimum Gasteiger partial charge on any atom is -0.469 e. The van der Waals surface area contributed by atoms with Gasteiger partial charge in [0, 0.05) is 0 Å². The molecule has 0 aliphatic heterocycles. The number of halogens is 3. The molecule has 0 aliphatic carbocycles. The Morgan fingerprint density at radius 2 is 1.91 bits per heavy atom. The van der Waals surface area contributed by atoms with Crippen molar-refractivity contribution in [1.29, 1.82) is 0 Å². The highest BCUT2D eigenvalue weighted by Gasteiger charge is 2.41. The molecule has 0 saturated heterocycles. The van der Waals surface area contributed by atoms with E-state index in [0.29, 0.717) is 0 Å². The van der Waals surface area contributed by atoms with Gasteiger partial charge in [-0.1, -0.05) is 0 Å². The van der Waals surface area contributed by atoms with Gasteiger partial charge in [0.05, 0.1) is 7.11 Å². The topological polar surface area (TPSA) is 35.5 Å². The summed E-state index contributed by atoms with van der Waals surface area (Å²) in [6.07, 6.45) is -5.01. The van der Waals surface area contributed by atoms with Crippen molar-refractivity contribution in [2.24, 2.45) is 0 Å². The standard InChI is InChI=1S/C5H5F3O3/c1-3(10-2)11-4(9)5(6,7)8/h1H2,2H3. The lowest BCUT2D eigenvalue weighted by atomic mass is 10.7. The molecule has 3 nitrogen and oxygen atoms in total. The average Bonchev–Trinajstić information content (AvgIpc) is 1.85. The van der Waals surface area contributed by atoms with Crippen molar-refractivity contribution in [3.8, 4) is 0 Å². The lowest BCUT2D eigenvalue weighted by Gasteiger charge is -2.06. The fraction of sp³-hybridized carbons (Fsp3) is 0.400. The maximum Gasteiger partial charge on any atom is 0.491 e. The zero-order chi connectivity index (χ0) is 9.07. The predicted octanol–water partition coefficient (Wildman–Crippen LogP) is 1.21. The molecular weight excluding hydrogens is 165 g/mol. The van der Waals surface area contributed by atoms with Gasteiger partial charge in [0.2, 0.25) is 0 Å². The molecule has 0 saturated carbocycles. The first-order chi connectivity index (χ1) is 4.88. The van der Waals surface area contributed by atoms with Gasteiger partial charge in [0.1, 0.15) is 0 Å². The van der Waals surface area contributed by atoms with Gasteiger partial charge in [-0.15, -0.1) is 0 Å². The van der Waals surface area contributed by atoms with Crippen LogP contribution in [0.3, 0.4) is 0 Å². The SMILES string of the molecule is C=C(OC)OC(=O)C(F)(F)F. The summed E-state index contributed by atoms with van der Waals surface area (Å²) in [5.74, 6) is -3.03. The third kappa shape index (κ3) is 3.49. The van der Waals surface area contributed by atoms with Crippen LogP contribution in [0.15, 0.2) is 12.5 Å². The molecule has 0 radical (unpaired) electrons. The second kappa shape index (κ2) is 3.27. The normalized spacial score (nSPS) is 10.5. The van der Waals surface area contributed by atoms with Gasteiger partial charge in [0.25, 0.3) is 5.95 Å². The zero-order valence-electron chi connectivity index (χ0n) is 5.57. The quantitative estimate of drug-likeness (QED) is 0.461. The van der Waals surface area contributed by atoms with Gasteiger partial charge in [-0.25, -0.2) is 4.79 Å². The number of esters is 1. The Bertz CT molecular complexity index is 172. The van der Waals surface area contributed by atoms with Crippen LogP contribution in [-0.4, -0.2) is 19.3 Å². The summed E-state index contributed by atoms with van der Waals surface area (Å²) in [5.41, 5.74) is 0. The molecule has 0 aromatic rings. The third-order valence-electron chi connectivity index (χ3n) is 0.666. The number of hydrogen-bond acceptors (Lipinski definition) is 3. The highest BCUT2D eigenvalue weighted by Crippen LogP contribution is 2.17. The van der Waals surface area contributed by atoms with Crippen LogP contribution < -0.4 is 0 Å². The number of rotatable bonds is 2. The van der Waals surface area contributed by atoms with E-state index >= 15 is 0 Å². The Morgan fingerprint density at radius 1 is 1.45 bits per heavy atom. The Morgan fingerprint density at radius 3 is 2.18 bits per heavy atom. The van der Waals surface area contributed by atoms with Crippen LogP contribution in [0.25, 0.3) is 0 Å². The van der Waals surface area contributed by atoms with Crippen molar-refractivity contribution in [3.05, 3.63) is 12.5 Å². The van der Waals surface area contributed by atoms with E-state index in [1.54, 1.807) is 0 Å². The maximum absolute atomic E-state index is 11.4. The smallest absolute Gasteiger partial charge is 0.469 e. The van der Waals surface area contributed by atoms with Crippen molar-refractivity contribution < 1.29 is 27.4 Å². The number of carbonyl (C=O) groups excluding carboxylic acids is 1. The van der Waals surface area contributed by atoms with Crippen LogP contribution in [0.1, 0.15) is 0 Å². The molecule has 0 fully saturated rings. The summed E-state index contributed by atoms with van der Waals surface area (Å²) in [5, 5.41) is 0. The fourth-order valence-electron chi connectivity index (χ4n) is 0.203. The molecular formula is C5H5F3O3. The Balaban J connectivity index is 3.99. The number of alkyl halides is 3. The van der Waals surface area contributed by atoms with Crippen LogP contribution in [0, 0.1) is 0 Å². The van der Waals surface area contributed by atoms with E-state index in [1.807, 2.05) is 0 Å². The van der Waals surface area contributed by atoms with Gasteiger partial charge in [-0.3, -0.25) is 0 Å². The number of hydrogen-bond donors (Lipinski definition) is 0. The minimum absolute atomic E-state index is 0.688. The molecule has 0 unspecified atom stereocenters. The largest absolute Gasteiger partial charge is 0.491 e.